The zero-order valence-corrected chi connectivity index (χ0v) is 18.9. The molecule has 6 nitrogen and oxygen atoms in total. The number of hydrogen-bond acceptors (Lipinski definition) is 5. The number of aryl methyl sites for hydroxylation is 1. The molecular formula is C27H28N4O2. The number of nitrogens with one attached hydrogen (secondary N) is 1. The van der Waals surface area contributed by atoms with Gasteiger partial charge in [-0.25, -0.2) is 0 Å². The van der Waals surface area contributed by atoms with Crippen LogP contribution in [0, 0.1) is 6.92 Å². The van der Waals surface area contributed by atoms with Crippen LogP contribution in [0.4, 0.5) is 0 Å². The molecule has 0 aliphatic heterocycles. The Hall–Kier alpha value is -4.19. The van der Waals surface area contributed by atoms with Gasteiger partial charge in [-0.15, -0.1) is 0 Å². The van der Waals surface area contributed by atoms with Crippen molar-refractivity contribution in [2.75, 3.05) is 13.7 Å². The Morgan fingerprint density at radius 2 is 1.91 bits per heavy atom. The maximum absolute atomic E-state index is 5.80. The number of aliphatic imine (C=N–C) groups is 1. The van der Waals surface area contributed by atoms with Crippen molar-refractivity contribution in [1.82, 2.24) is 15.2 Å². The van der Waals surface area contributed by atoms with Gasteiger partial charge in [-0.3, -0.25) is 15.1 Å². The van der Waals surface area contributed by atoms with Gasteiger partial charge in [0.25, 0.3) is 0 Å². The van der Waals surface area contributed by atoms with E-state index in [0.717, 1.165) is 46.3 Å². The summed E-state index contributed by atoms with van der Waals surface area (Å²) in [7, 11) is 1.65. The summed E-state index contributed by atoms with van der Waals surface area (Å²) in [5, 5.41) is 7.37. The van der Waals surface area contributed by atoms with Crippen LogP contribution < -0.4 is 9.47 Å². The van der Waals surface area contributed by atoms with Crippen LogP contribution in [0.15, 0.2) is 71.9 Å². The lowest BCUT2D eigenvalue weighted by Gasteiger charge is -2.09. The highest BCUT2D eigenvalue weighted by Gasteiger charge is 2.03. The number of hydrogen-bond donors (Lipinski definition) is 1. The molecule has 0 atom stereocenters. The minimum atomic E-state index is 0.575. The molecule has 2 aromatic heterocycles. The zero-order chi connectivity index (χ0) is 23.3. The SMILES string of the molecule is C=N/C=C\C=C/CCOc1ccc(/C=C/c2cc(/C=C/c3cccc(C)n3)[nH]n2)c(OC)c1. The largest absolute Gasteiger partial charge is 0.496 e. The third kappa shape index (κ3) is 7.78. The molecule has 0 amide bonds. The Labute approximate surface area is 194 Å². The fourth-order valence-corrected chi connectivity index (χ4v) is 2.98. The summed E-state index contributed by atoms with van der Waals surface area (Å²) in [5.74, 6) is 1.50. The molecule has 33 heavy (non-hydrogen) atoms. The van der Waals surface area contributed by atoms with E-state index in [2.05, 4.69) is 26.9 Å². The summed E-state index contributed by atoms with van der Waals surface area (Å²) in [6.07, 6.45) is 16.0. The van der Waals surface area contributed by atoms with Crippen LogP contribution >= 0.6 is 0 Å². The maximum atomic E-state index is 5.80. The molecule has 0 aliphatic rings. The molecule has 0 fully saturated rings. The highest BCUT2D eigenvalue weighted by molar-refractivity contribution is 5.73. The Bertz CT molecular complexity index is 1170. The van der Waals surface area contributed by atoms with E-state index in [1.807, 2.05) is 91.9 Å². The Balaban J connectivity index is 1.58. The van der Waals surface area contributed by atoms with E-state index in [9.17, 15) is 0 Å². The fourth-order valence-electron chi connectivity index (χ4n) is 2.98. The number of allylic oxidation sites excluding steroid dienone is 2. The number of pyridine rings is 1. The first-order valence-corrected chi connectivity index (χ1v) is 10.6. The molecule has 168 valence electrons. The fraction of sp³-hybridized carbons (Fsp3) is 0.148. The Morgan fingerprint density at radius 3 is 2.73 bits per heavy atom. The summed E-state index contributed by atoms with van der Waals surface area (Å²) in [5.41, 5.74) is 4.56. The van der Waals surface area contributed by atoms with Gasteiger partial charge in [0.2, 0.25) is 0 Å². The van der Waals surface area contributed by atoms with Crippen molar-refractivity contribution in [3.8, 4) is 11.5 Å². The van der Waals surface area contributed by atoms with Crippen molar-refractivity contribution in [2.24, 2.45) is 4.99 Å². The van der Waals surface area contributed by atoms with Crippen LogP contribution in [-0.2, 0) is 0 Å². The zero-order valence-electron chi connectivity index (χ0n) is 18.9. The first kappa shape index (κ1) is 23.5. The van der Waals surface area contributed by atoms with Crippen LogP contribution in [0.3, 0.4) is 0 Å². The second kappa shape index (κ2) is 12.6. The van der Waals surface area contributed by atoms with E-state index in [4.69, 9.17) is 9.47 Å². The van der Waals surface area contributed by atoms with Crippen molar-refractivity contribution < 1.29 is 9.47 Å². The van der Waals surface area contributed by atoms with Crippen molar-refractivity contribution in [3.05, 3.63) is 95.2 Å². The van der Waals surface area contributed by atoms with Crippen LogP contribution in [0.25, 0.3) is 24.3 Å². The molecule has 0 unspecified atom stereocenters. The van der Waals surface area contributed by atoms with Gasteiger partial charge in [0.15, 0.2) is 0 Å². The third-order valence-electron chi connectivity index (χ3n) is 4.59. The van der Waals surface area contributed by atoms with E-state index in [0.29, 0.717) is 6.61 Å². The van der Waals surface area contributed by atoms with Gasteiger partial charge >= 0.3 is 0 Å². The molecule has 1 N–H and O–H groups in total. The predicted octanol–water partition coefficient (Wildman–Crippen LogP) is 6.00. The summed E-state index contributed by atoms with van der Waals surface area (Å²) in [6.45, 7) is 5.94. The van der Waals surface area contributed by atoms with E-state index in [1.54, 1.807) is 13.3 Å². The van der Waals surface area contributed by atoms with Crippen molar-refractivity contribution in [1.29, 1.82) is 0 Å². The van der Waals surface area contributed by atoms with Crippen LogP contribution in [0.5, 0.6) is 11.5 Å². The number of methoxy groups -OCH3 is 1. The number of aromatic amines is 1. The number of H-pyrrole nitrogens is 1. The molecule has 3 rings (SSSR count). The maximum Gasteiger partial charge on any atom is 0.129 e. The number of benzene rings is 1. The smallest absolute Gasteiger partial charge is 0.129 e. The molecule has 0 saturated carbocycles. The van der Waals surface area contributed by atoms with Crippen molar-refractivity contribution in [2.45, 2.75) is 13.3 Å². The summed E-state index contributed by atoms with van der Waals surface area (Å²) in [4.78, 5) is 8.11. The molecule has 0 bridgehead atoms. The molecule has 6 heteroatoms. The van der Waals surface area contributed by atoms with Gasteiger partial charge in [-0.2, -0.15) is 5.10 Å². The number of rotatable bonds is 11. The second-order valence-electron chi connectivity index (χ2n) is 7.11. The molecular weight excluding hydrogens is 412 g/mol. The van der Waals surface area contributed by atoms with Crippen molar-refractivity contribution in [3.63, 3.8) is 0 Å². The molecule has 3 aromatic rings. The second-order valence-corrected chi connectivity index (χ2v) is 7.11. The molecule has 0 aliphatic carbocycles. The van der Waals surface area contributed by atoms with Gasteiger partial charge in [0.1, 0.15) is 11.5 Å². The lowest BCUT2D eigenvalue weighted by Crippen LogP contribution is -1.96. The molecule has 1 aromatic carbocycles. The quantitative estimate of drug-likeness (QED) is 0.225. The van der Waals surface area contributed by atoms with Gasteiger partial charge < -0.3 is 9.47 Å². The topological polar surface area (TPSA) is 72.4 Å². The number of aromatic nitrogens is 3. The van der Waals surface area contributed by atoms with E-state index in [-0.39, 0.29) is 0 Å². The Kier molecular flexibility index (Phi) is 8.97. The molecule has 0 radical (unpaired) electrons. The van der Waals surface area contributed by atoms with Crippen LogP contribution in [-0.4, -0.2) is 35.6 Å². The average Bonchev–Trinajstić information content (AvgIpc) is 3.29. The van der Waals surface area contributed by atoms with Gasteiger partial charge in [-0.1, -0.05) is 18.2 Å². The lowest BCUT2D eigenvalue weighted by molar-refractivity contribution is 0.321. The van der Waals surface area contributed by atoms with Crippen LogP contribution in [0.2, 0.25) is 0 Å². The molecule has 0 spiro atoms. The minimum absolute atomic E-state index is 0.575. The van der Waals surface area contributed by atoms with Crippen molar-refractivity contribution >= 4 is 31.0 Å². The number of nitrogens with zero attached hydrogens (tertiary/aromatic N) is 3. The number of ether oxygens (including phenoxy) is 2. The summed E-state index contributed by atoms with van der Waals surface area (Å²) < 4.78 is 11.3. The normalized spacial score (nSPS) is 11.8. The highest BCUT2D eigenvalue weighted by atomic mass is 16.5. The molecule has 0 saturated heterocycles. The van der Waals surface area contributed by atoms with Crippen LogP contribution in [0.1, 0.15) is 34.8 Å². The van der Waals surface area contributed by atoms with Gasteiger partial charge in [0.05, 0.1) is 30.8 Å². The Morgan fingerprint density at radius 1 is 1.03 bits per heavy atom. The average molecular weight is 441 g/mol. The monoisotopic (exact) mass is 440 g/mol. The molecule has 2 heterocycles. The van der Waals surface area contributed by atoms with Gasteiger partial charge in [-0.05, 0) is 80.8 Å². The van der Waals surface area contributed by atoms with E-state index in [1.165, 1.54) is 0 Å². The summed E-state index contributed by atoms with van der Waals surface area (Å²) in [6, 6.07) is 13.7. The third-order valence-corrected chi connectivity index (χ3v) is 4.59. The van der Waals surface area contributed by atoms with E-state index < -0.39 is 0 Å². The van der Waals surface area contributed by atoms with Gasteiger partial charge in [0, 0.05) is 23.5 Å². The first-order valence-electron chi connectivity index (χ1n) is 10.6. The first-order chi connectivity index (χ1) is 16.2. The lowest BCUT2D eigenvalue weighted by atomic mass is 10.1. The minimum Gasteiger partial charge on any atom is -0.496 e. The highest BCUT2D eigenvalue weighted by Crippen LogP contribution is 2.26. The summed E-state index contributed by atoms with van der Waals surface area (Å²) >= 11 is 0. The standard InChI is InChI=1S/C27H28N4O2/c1-21-9-8-10-23(29-21)14-15-25-19-24(30-31-25)13-11-22-12-16-26(20-27(22)32-3)33-18-7-5-4-6-17-28-2/h4-6,8-17,19-20H,2,7,18H2,1,3H3,(H,30,31)/b5-4-,13-11+,15-14+,17-6-. The predicted molar refractivity (Wildman–Crippen MR) is 136 cm³/mol. The van der Waals surface area contributed by atoms with E-state index >= 15 is 0 Å².